The van der Waals surface area contributed by atoms with Crippen LogP contribution in [0.1, 0.15) is 36.9 Å². The van der Waals surface area contributed by atoms with Crippen molar-refractivity contribution in [3.8, 4) is 0 Å². The number of carbonyl (C=O) groups is 1. The van der Waals surface area contributed by atoms with Crippen molar-refractivity contribution < 1.29 is 9.18 Å². The summed E-state index contributed by atoms with van der Waals surface area (Å²) in [6.07, 6.45) is 7.19. The Labute approximate surface area is 214 Å². The first-order chi connectivity index (χ1) is 18.6. The number of fused-ring (bicyclic) bond motifs is 1. The number of hydrogen-bond acceptors (Lipinski definition) is 10. The monoisotopic (exact) mass is 515 g/mol. The lowest BCUT2D eigenvalue weighted by Crippen LogP contribution is -2.40. The predicted molar refractivity (Wildman–Crippen MR) is 132 cm³/mol. The zero-order valence-electron chi connectivity index (χ0n) is 19.9. The van der Waals surface area contributed by atoms with Crippen molar-refractivity contribution in [1.29, 1.82) is 0 Å². The molecular weight excluding hydrogens is 493 g/mol. The summed E-state index contributed by atoms with van der Waals surface area (Å²) >= 11 is 0. The number of halogens is 1. The van der Waals surface area contributed by atoms with Gasteiger partial charge < -0.3 is 15.5 Å². The van der Waals surface area contributed by atoms with Gasteiger partial charge in [-0.1, -0.05) is 0 Å². The van der Waals surface area contributed by atoms with Gasteiger partial charge in [-0.25, -0.2) is 4.98 Å². The molecule has 1 amide bonds. The maximum atomic E-state index is 13.4. The Hall–Kier alpha value is -4.95. The van der Waals surface area contributed by atoms with Gasteiger partial charge in [0, 0.05) is 36.8 Å². The molecule has 1 aliphatic carbocycles. The topological polar surface area (TPSA) is 160 Å². The third-order valence-corrected chi connectivity index (χ3v) is 6.76. The molecule has 38 heavy (non-hydrogen) atoms. The van der Waals surface area contributed by atoms with E-state index < -0.39 is 12.0 Å². The number of carbonyl (C=O) groups excluding carboxylic acids is 1. The van der Waals surface area contributed by atoms with Crippen LogP contribution in [0.25, 0.3) is 5.65 Å². The van der Waals surface area contributed by atoms with Gasteiger partial charge in [0.2, 0.25) is 23.8 Å². The van der Waals surface area contributed by atoms with E-state index in [9.17, 15) is 9.18 Å². The molecule has 1 saturated carbocycles. The summed E-state index contributed by atoms with van der Waals surface area (Å²) in [4.78, 5) is 29.9. The fourth-order valence-electron chi connectivity index (χ4n) is 4.72. The Morgan fingerprint density at radius 2 is 2.11 bits per heavy atom. The molecule has 2 aliphatic rings. The highest BCUT2D eigenvalue weighted by Gasteiger charge is 2.40. The summed E-state index contributed by atoms with van der Waals surface area (Å²) < 4.78 is 15.1. The first kappa shape index (κ1) is 22.3. The van der Waals surface area contributed by atoms with Crippen molar-refractivity contribution in [1.82, 2.24) is 49.8 Å². The van der Waals surface area contributed by atoms with Crippen molar-refractivity contribution in [3.63, 3.8) is 0 Å². The van der Waals surface area contributed by atoms with Gasteiger partial charge in [0.05, 0.1) is 17.9 Å². The van der Waals surface area contributed by atoms with E-state index in [1.54, 1.807) is 0 Å². The van der Waals surface area contributed by atoms with Crippen LogP contribution in [0.3, 0.4) is 0 Å². The molecule has 0 aromatic carbocycles. The molecule has 5 aromatic rings. The highest BCUT2D eigenvalue weighted by molar-refractivity contribution is 5.97. The molecule has 0 spiro atoms. The highest BCUT2D eigenvalue weighted by atomic mass is 19.1. The van der Waals surface area contributed by atoms with Gasteiger partial charge in [-0.3, -0.25) is 14.3 Å². The maximum absolute atomic E-state index is 13.4. The number of aromatic amines is 1. The van der Waals surface area contributed by atoms with Crippen LogP contribution in [0, 0.1) is 5.95 Å². The van der Waals surface area contributed by atoms with E-state index in [-0.39, 0.29) is 11.9 Å². The van der Waals surface area contributed by atoms with E-state index in [4.69, 9.17) is 9.97 Å². The lowest BCUT2D eigenvalue weighted by molar-refractivity contribution is -0.117. The van der Waals surface area contributed by atoms with Crippen molar-refractivity contribution in [2.75, 3.05) is 22.1 Å². The molecule has 5 aromatic heterocycles. The molecule has 2 fully saturated rings. The van der Waals surface area contributed by atoms with E-state index in [1.165, 1.54) is 29.5 Å². The largest absolute Gasteiger partial charge is 0.326 e. The van der Waals surface area contributed by atoms with Gasteiger partial charge in [-0.15, -0.1) is 10.2 Å². The number of nitrogens with zero attached hydrogens (tertiary/aromatic N) is 10. The minimum absolute atomic E-state index is 0.241. The maximum Gasteiger partial charge on any atom is 0.247 e. The number of nitrogens with one attached hydrogen (secondary N) is 3. The highest BCUT2D eigenvalue weighted by Crippen LogP contribution is 2.39. The standard InChI is InChI=1S/C23H22FN13O/c24-18-6-5-14(10-25-18)28-21(38)17-8-15(37-27-12-26-34-37)11-36(17)23-30-20-2-1-7-35(20)22(31-23)29-19-9-16(32-33-19)13-3-4-13/h1-2,5-7,9-10,12-13,15,17H,3-4,8,11H2,(H,28,38)(H2,29,30,31,32,33)/t15-,17-/m0/s1. The molecule has 15 heteroatoms. The average Bonchev–Trinajstić information content (AvgIpc) is 3.39. The minimum atomic E-state index is -0.659. The lowest BCUT2D eigenvalue weighted by Gasteiger charge is -2.24. The van der Waals surface area contributed by atoms with E-state index in [1.807, 2.05) is 33.7 Å². The zero-order chi connectivity index (χ0) is 25.6. The summed E-state index contributed by atoms with van der Waals surface area (Å²) in [6, 6.07) is 7.47. The third-order valence-electron chi connectivity index (χ3n) is 6.76. The summed E-state index contributed by atoms with van der Waals surface area (Å²) in [5.41, 5.74) is 2.13. The van der Waals surface area contributed by atoms with Crippen LogP contribution in [-0.2, 0) is 4.79 Å². The second kappa shape index (κ2) is 8.86. The molecule has 1 saturated heterocycles. The van der Waals surface area contributed by atoms with Crippen molar-refractivity contribution >= 4 is 35.0 Å². The van der Waals surface area contributed by atoms with Crippen LogP contribution in [-0.4, -0.2) is 68.3 Å². The van der Waals surface area contributed by atoms with Gasteiger partial charge in [-0.2, -0.15) is 24.3 Å². The number of aromatic nitrogens is 10. The normalized spacial score (nSPS) is 19.2. The first-order valence-electron chi connectivity index (χ1n) is 12.2. The third kappa shape index (κ3) is 4.16. The van der Waals surface area contributed by atoms with Crippen molar-refractivity contribution in [2.45, 2.75) is 37.3 Å². The van der Waals surface area contributed by atoms with Gasteiger partial charge in [-0.05, 0) is 42.3 Å². The molecule has 0 unspecified atom stereocenters. The Morgan fingerprint density at radius 1 is 1.18 bits per heavy atom. The Balaban J connectivity index is 1.22. The van der Waals surface area contributed by atoms with E-state index in [0.29, 0.717) is 47.9 Å². The number of tetrazole rings is 1. The van der Waals surface area contributed by atoms with Crippen LogP contribution in [0.15, 0.2) is 49.1 Å². The molecule has 2 atom stereocenters. The Morgan fingerprint density at radius 3 is 2.89 bits per heavy atom. The number of rotatable bonds is 7. The number of anilines is 4. The summed E-state index contributed by atoms with van der Waals surface area (Å²) in [7, 11) is 0. The zero-order valence-corrected chi connectivity index (χ0v) is 19.9. The molecule has 3 N–H and O–H groups in total. The summed E-state index contributed by atoms with van der Waals surface area (Å²) in [6.45, 7) is 0.376. The van der Waals surface area contributed by atoms with Crippen LogP contribution in [0.5, 0.6) is 0 Å². The van der Waals surface area contributed by atoms with Gasteiger partial charge in [0.25, 0.3) is 0 Å². The summed E-state index contributed by atoms with van der Waals surface area (Å²) in [5, 5.41) is 25.6. The van der Waals surface area contributed by atoms with Gasteiger partial charge >= 0.3 is 0 Å². The van der Waals surface area contributed by atoms with Crippen molar-refractivity contribution in [3.05, 3.63) is 60.7 Å². The van der Waals surface area contributed by atoms with Gasteiger partial charge in [0.15, 0.2) is 12.1 Å². The molecule has 192 valence electrons. The Bertz CT molecular complexity index is 1590. The number of H-pyrrole nitrogens is 1. The fraction of sp³-hybridized carbons (Fsp3) is 0.304. The second-order valence-corrected chi connectivity index (χ2v) is 9.36. The smallest absolute Gasteiger partial charge is 0.247 e. The number of amides is 1. The Kier molecular flexibility index (Phi) is 5.19. The molecule has 0 radical (unpaired) electrons. The number of pyridine rings is 1. The SMILES string of the molecule is O=C(Nc1ccc(F)nc1)[C@@H]1C[C@H](n2ncnn2)CN1c1nc(Nc2cc(C3CC3)[nH]n2)n2cccc2n1. The minimum Gasteiger partial charge on any atom is -0.326 e. The fourth-order valence-corrected chi connectivity index (χ4v) is 4.72. The molecule has 1 aliphatic heterocycles. The molecule has 7 rings (SSSR count). The van der Waals surface area contributed by atoms with E-state index >= 15 is 0 Å². The molecule has 6 heterocycles. The van der Waals surface area contributed by atoms with Crippen LogP contribution >= 0.6 is 0 Å². The van der Waals surface area contributed by atoms with Crippen LogP contribution in [0.2, 0.25) is 0 Å². The molecule has 14 nitrogen and oxygen atoms in total. The van der Waals surface area contributed by atoms with E-state index in [0.717, 1.165) is 18.5 Å². The lowest BCUT2D eigenvalue weighted by atomic mass is 10.1. The van der Waals surface area contributed by atoms with Crippen LogP contribution < -0.4 is 15.5 Å². The molecular formula is C23H22FN13O. The average molecular weight is 516 g/mol. The quantitative estimate of drug-likeness (QED) is 0.274. The summed E-state index contributed by atoms with van der Waals surface area (Å²) in [5.74, 6) is 1.11. The first-order valence-corrected chi connectivity index (χ1v) is 12.2. The number of hydrogen-bond donors (Lipinski definition) is 3. The predicted octanol–water partition coefficient (Wildman–Crippen LogP) is 2.05. The second-order valence-electron chi connectivity index (χ2n) is 9.36. The van der Waals surface area contributed by atoms with Crippen LogP contribution in [0.4, 0.5) is 27.8 Å². The molecule has 0 bridgehead atoms. The van der Waals surface area contributed by atoms with Crippen molar-refractivity contribution in [2.24, 2.45) is 0 Å². The van der Waals surface area contributed by atoms with E-state index in [2.05, 4.69) is 41.2 Å². The van der Waals surface area contributed by atoms with Gasteiger partial charge in [0.1, 0.15) is 11.7 Å².